The van der Waals surface area contributed by atoms with E-state index < -0.39 is 4.92 Å². The quantitative estimate of drug-likeness (QED) is 0.249. The minimum atomic E-state index is -0.537. The zero-order chi connectivity index (χ0) is 20.8. The SMILES string of the molecule is O=C1C2C3C=CC(C3)C2C(=O)N1N=Cc1cccc(Oc2ccc([N+](=O)[O-])cn2)c1. The number of carbonyl (C=O) groups is 2. The molecular formula is C21H16N4O5. The molecule has 4 atom stereocenters. The molecule has 3 aliphatic rings. The Hall–Kier alpha value is -3.88. The lowest BCUT2D eigenvalue weighted by molar-refractivity contribution is -0.385. The van der Waals surface area contributed by atoms with Crippen LogP contribution in [0.5, 0.6) is 11.6 Å². The number of hydrogen-bond acceptors (Lipinski definition) is 7. The normalized spacial score (nSPS) is 26.6. The number of ether oxygens (including phenoxy) is 1. The van der Waals surface area contributed by atoms with Gasteiger partial charge < -0.3 is 4.74 Å². The molecule has 1 saturated carbocycles. The van der Waals surface area contributed by atoms with Gasteiger partial charge in [0.25, 0.3) is 17.5 Å². The van der Waals surface area contributed by atoms with E-state index in [9.17, 15) is 19.7 Å². The van der Waals surface area contributed by atoms with Crippen LogP contribution in [0, 0.1) is 33.8 Å². The number of hydrogen-bond donors (Lipinski definition) is 0. The van der Waals surface area contributed by atoms with Crippen LogP contribution < -0.4 is 4.74 Å². The number of allylic oxidation sites excluding steroid dienone is 2. The average molecular weight is 404 g/mol. The van der Waals surface area contributed by atoms with E-state index in [-0.39, 0.29) is 47.1 Å². The molecule has 0 N–H and O–H groups in total. The van der Waals surface area contributed by atoms with Crippen molar-refractivity contribution in [3.63, 3.8) is 0 Å². The van der Waals surface area contributed by atoms with Crippen molar-refractivity contribution in [3.05, 3.63) is 70.4 Å². The molecule has 1 aliphatic heterocycles. The van der Waals surface area contributed by atoms with Gasteiger partial charge in [-0.25, -0.2) is 4.98 Å². The number of nitro groups is 1. The lowest BCUT2D eigenvalue weighted by Gasteiger charge is -2.13. The van der Waals surface area contributed by atoms with Gasteiger partial charge in [0, 0.05) is 12.1 Å². The number of nitrogens with zero attached hydrogens (tertiary/aromatic N) is 4. The largest absolute Gasteiger partial charge is 0.439 e. The van der Waals surface area contributed by atoms with Crippen LogP contribution in [-0.2, 0) is 9.59 Å². The summed E-state index contributed by atoms with van der Waals surface area (Å²) in [6, 6.07) is 9.56. The van der Waals surface area contributed by atoms with Crippen molar-refractivity contribution >= 4 is 23.7 Å². The van der Waals surface area contributed by atoms with Crippen LogP contribution in [0.4, 0.5) is 5.69 Å². The van der Waals surface area contributed by atoms with E-state index in [1.165, 1.54) is 18.3 Å². The van der Waals surface area contributed by atoms with Gasteiger partial charge in [0.05, 0.1) is 23.0 Å². The minimum Gasteiger partial charge on any atom is -0.439 e. The van der Waals surface area contributed by atoms with Crippen LogP contribution in [0.25, 0.3) is 0 Å². The summed E-state index contributed by atoms with van der Waals surface area (Å²) in [5, 5.41) is 15.8. The lowest BCUT2D eigenvalue weighted by atomic mass is 9.85. The smallest absolute Gasteiger partial charge is 0.287 e. The number of hydrazone groups is 1. The molecule has 2 aromatic rings. The second-order valence-corrected chi connectivity index (χ2v) is 7.52. The van der Waals surface area contributed by atoms with Gasteiger partial charge in [-0.2, -0.15) is 10.1 Å². The fourth-order valence-electron chi connectivity index (χ4n) is 4.44. The number of imide groups is 1. The summed E-state index contributed by atoms with van der Waals surface area (Å²) in [6.07, 6.45) is 7.52. The zero-order valence-corrected chi connectivity index (χ0v) is 15.6. The summed E-state index contributed by atoms with van der Waals surface area (Å²) in [6.45, 7) is 0. The number of rotatable bonds is 5. The molecule has 150 valence electrons. The van der Waals surface area contributed by atoms with Crippen molar-refractivity contribution in [3.8, 4) is 11.6 Å². The number of carbonyl (C=O) groups excluding carboxylic acids is 2. The Kier molecular flexibility index (Phi) is 4.16. The summed E-state index contributed by atoms with van der Waals surface area (Å²) >= 11 is 0. The van der Waals surface area contributed by atoms with Crippen molar-refractivity contribution in [1.29, 1.82) is 0 Å². The Labute approximate surface area is 170 Å². The van der Waals surface area contributed by atoms with Crippen LogP contribution in [-0.4, -0.2) is 32.9 Å². The molecular weight excluding hydrogens is 388 g/mol. The monoisotopic (exact) mass is 404 g/mol. The standard InChI is InChI=1S/C21H16N4O5/c26-20-18-13-4-5-14(9-13)19(18)21(27)24(20)23-10-12-2-1-3-16(8-12)30-17-7-6-15(11-22-17)25(28)29/h1-8,10-11,13-14,18-19H,9H2. The van der Waals surface area contributed by atoms with E-state index in [1.54, 1.807) is 24.3 Å². The Morgan fingerprint density at radius 3 is 2.50 bits per heavy atom. The van der Waals surface area contributed by atoms with E-state index in [0.29, 0.717) is 11.3 Å². The molecule has 9 nitrogen and oxygen atoms in total. The van der Waals surface area contributed by atoms with Gasteiger partial charge in [-0.1, -0.05) is 24.3 Å². The van der Waals surface area contributed by atoms with Gasteiger partial charge in [0.1, 0.15) is 11.9 Å². The zero-order valence-electron chi connectivity index (χ0n) is 15.6. The molecule has 1 aromatic carbocycles. The maximum Gasteiger partial charge on any atom is 0.287 e. The molecule has 0 radical (unpaired) electrons. The Morgan fingerprint density at radius 2 is 1.87 bits per heavy atom. The fourth-order valence-corrected chi connectivity index (χ4v) is 4.44. The molecule has 0 spiro atoms. The molecule has 1 aromatic heterocycles. The highest BCUT2D eigenvalue weighted by atomic mass is 16.6. The van der Waals surface area contributed by atoms with E-state index in [0.717, 1.165) is 17.6 Å². The fraction of sp³-hybridized carbons (Fsp3) is 0.238. The second kappa shape index (κ2) is 6.87. The Balaban J connectivity index is 1.30. The molecule has 30 heavy (non-hydrogen) atoms. The first-order valence-electron chi connectivity index (χ1n) is 9.50. The number of aromatic nitrogens is 1. The predicted molar refractivity (Wildman–Crippen MR) is 105 cm³/mol. The average Bonchev–Trinajstić information content (AvgIpc) is 3.42. The van der Waals surface area contributed by atoms with Crippen LogP contribution in [0.3, 0.4) is 0 Å². The first kappa shape index (κ1) is 18.2. The van der Waals surface area contributed by atoms with Gasteiger partial charge in [0.2, 0.25) is 5.88 Å². The molecule has 1 saturated heterocycles. The van der Waals surface area contributed by atoms with Crippen molar-refractivity contribution < 1.29 is 19.2 Å². The van der Waals surface area contributed by atoms with Gasteiger partial charge in [0.15, 0.2) is 0 Å². The van der Waals surface area contributed by atoms with Crippen LogP contribution in [0.15, 0.2) is 59.8 Å². The minimum absolute atomic E-state index is 0.128. The van der Waals surface area contributed by atoms with Crippen molar-refractivity contribution in [2.45, 2.75) is 6.42 Å². The van der Waals surface area contributed by atoms with Gasteiger partial charge in [-0.15, -0.1) is 0 Å². The summed E-state index contributed by atoms with van der Waals surface area (Å²) < 4.78 is 5.61. The third kappa shape index (κ3) is 2.95. The highest BCUT2D eigenvalue weighted by Crippen LogP contribution is 2.52. The van der Waals surface area contributed by atoms with Crippen molar-refractivity contribution in [2.24, 2.45) is 28.8 Å². The van der Waals surface area contributed by atoms with Crippen molar-refractivity contribution in [1.82, 2.24) is 9.99 Å². The molecule has 2 heterocycles. The van der Waals surface area contributed by atoms with E-state index in [1.807, 2.05) is 12.2 Å². The summed E-state index contributed by atoms with van der Waals surface area (Å²) in [4.78, 5) is 39.4. The maximum atomic E-state index is 12.7. The van der Waals surface area contributed by atoms with E-state index in [2.05, 4.69) is 10.1 Å². The first-order chi connectivity index (χ1) is 14.5. The molecule has 2 aliphatic carbocycles. The Bertz CT molecular complexity index is 1080. The molecule has 2 fully saturated rings. The number of fused-ring (bicyclic) bond motifs is 5. The predicted octanol–water partition coefficient (Wildman–Crippen LogP) is 2.92. The third-order valence-electron chi connectivity index (χ3n) is 5.78. The lowest BCUT2D eigenvalue weighted by Crippen LogP contribution is -2.28. The van der Waals surface area contributed by atoms with Crippen LogP contribution in [0.1, 0.15) is 12.0 Å². The summed E-state index contributed by atoms with van der Waals surface area (Å²) in [7, 11) is 0. The van der Waals surface area contributed by atoms with Crippen molar-refractivity contribution in [2.75, 3.05) is 0 Å². The van der Waals surface area contributed by atoms with Gasteiger partial charge in [-0.3, -0.25) is 19.7 Å². The molecule has 4 unspecified atom stereocenters. The van der Waals surface area contributed by atoms with E-state index in [4.69, 9.17) is 4.74 Å². The number of benzene rings is 1. The highest BCUT2D eigenvalue weighted by Gasteiger charge is 2.59. The highest BCUT2D eigenvalue weighted by molar-refractivity contribution is 6.06. The Morgan fingerprint density at radius 1 is 1.13 bits per heavy atom. The van der Waals surface area contributed by atoms with Gasteiger partial charge >= 0.3 is 0 Å². The second-order valence-electron chi connectivity index (χ2n) is 7.52. The molecule has 2 amide bonds. The maximum absolute atomic E-state index is 12.7. The molecule has 5 rings (SSSR count). The molecule has 9 heteroatoms. The van der Waals surface area contributed by atoms with E-state index >= 15 is 0 Å². The number of amides is 2. The van der Waals surface area contributed by atoms with Crippen LogP contribution >= 0.6 is 0 Å². The summed E-state index contributed by atoms with van der Waals surface area (Å²) in [5.41, 5.74) is 0.504. The van der Waals surface area contributed by atoms with Crippen LogP contribution in [0.2, 0.25) is 0 Å². The first-order valence-corrected chi connectivity index (χ1v) is 9.50. The number of pyridine rings is 1. The molecule has 2 bridgehead atoms. The van der Waals surface area contributed by atoms with Gasteiger partial charge in [-0.05, 0) is 36.0 Å². The topological polar surface area (TPSA) is 115 Å². The third-order valence-corrected chi connectivity index (χ3v) is 5.78. The summed E-state index contributed by atoms with van der Waals surface area (Å²) in [5.74, 6) is -0.111.